The van der Waals surface area contributed by atoms with Gasteiger partial charge in [0.25, 0.3) is 0 Å². The van der Waals surface area contributed by atoms with Gasteiger partial charge in [-0.1, -0.05) is 84.9 Å². The van der Waals surface area contributed by atoms with Crippen LogP contribution in [-0.4, -0.2) is 0 Å². The average Bonchev–Trinajstić information content (AvgIpc) is 3.02. The number of anilines is 1. The Morgan fingerprint density at radius 1 is 0.654 bits per heavy atom. The number of hydrogen-bond donors (Lipinski definition) is 1. The number of fused-ring (bicyclic) bond motifs is 3. The van der Waals surface area contributed by atoms with Crippen molar-refractivity contribution in [2.24, 2.45) is 0 Å². The number of hydrogen-bond acceptors (Lipinski definition) is 1. The molecule has 2 N–H and O–H groups in total. The second kappa shape index (κ2) is 5.51. The van der Waals surface area contributed by atoms with E-state index in [2.05, 4.69) is 72.8 Å². The van der Waals surface area contributed by atoms with Crippen LogP contribution in [0.1, 0.15) is 22.3 Å². The second-order valence-electron chi connectivity index (χ2n) is 6.64. The fourth-order valence-corrected chi connectivity index (χ4v) is 4.37. The molecule has 0 heterocycles. The van der Waals surface area contributed by atoms with E-state index < -0.39 is 5.41 Å². The molecule has 122 valence electrons. The highest BCUT2D eigenvalue weighted by atomic mass is 14.6. The van der Waals surface area contributed by atoms with Crippen LogP contribution in [0.4, 0.5) is 5.69 Å². The summed E-state index contributed by atoms with van der Waals surface area (Å²) in [6.45, 7) is 0. The van der Waals surface area contributed by atoms with Crippen molar-refractivity contribution >= 4 is 5.69 Å². The van der Waals surface area contributed by atoms with Gasteiger partial charge in [0, 0.05) is 16.8 Å². The average molecular weight is 331 g/mol. The summed E-state index contributed by atoms with van der Waals surface area (Å²) in [5.41, 5.74) is 13.9. The lowest BCUT2D eigenvalue weighted by Gasteiger charge is -2.33. The first-order chi connectivity index (χ1) is 12.8. The Morgan fingerprint density at radius 2 is 1.31 bits per heavy atom. The third-order valence-corrected chi connectivity index (χ3v) is 5.35. The summed E-state index contributed by atoms with van der Waals surface area (Å²) in [5, 5.41) is 0. The highest BCUT2D eigenvalue weighted by Gasteiger charge is 2.47. The van der Waals surface area contributed by atoms with E-state index in [4.69, 9.17) is 5.73 Å². The zero-order valence-corrected chi connectivity index (χ0v) is 14.2. The van der Waals surface area contributed by atoms with E-state index in [1.165, 1.54) is 22.3 Å². The molecular formula is C25H17N. The van der Waals surface area contributed by atoms with E-state index in [0.717, 1.165) is 16.8 Å². The van der Waals surface area contributed by atoms with Gasteiger partial charge >= 0.3 is 0 Å². The molecule has 0 aromatic heterocycles. The molecule has 0 radical (unpaired) electrons. The van der Waals surface area contributed by atoms with Crippen molar-refractivity contribution in [2.45, 2.75) is 5.41 Å². The summed E-state index contributed by atoms with van der Waals surface area (Å²) >= 11 is 0. The smallest absolute Gasteiger partial charge is 0.0812 e. The third-order valence-electron chi connectivity index (χ3n) is 5.35. The maximum absolute atomic E-state index is 6.58. The second-order valence-corrected chi connectivity index (χ2v) is 6.64. The summed E-state index contributed by atoms with van der Waals surface area (Å²) in [7, 11) is 0. The first kappa shape index (κ1) is 14.8. The van der Waals surface area contributed by atoms with Gasteiger partial charge in [0.05, 0.1) is 5.41 Å². The molecule has 0 fully saturated rings. The summed E-state index contributed by atoms with van der Waals surface area (Å²) in [6.07, 6.45) is 0. The minimum Gasteiger partial charge on any atom is -0.398 e. The lowest BCUT2D eigenvalue weighted by molar-refractivity contribution is 0.771. The Balaban J connectivity index is 2.01. The van der Waals surface area contributed by atoms with Gasteiger partial charge in [0.1, 0.15) is 0 Å². The molecule has 0 spiro atoms. The van der Waals surface area contributed by atoms with Gasteiger partial charge in [-0.05, 0) is 40.5 Å². The number of benzene rings is 3. The van der Waals surface area contributed by atoms with E-state index in [-0.39, 0.29) is 0 Å². The van der Waals surface area contributed by atoms with Gasteiger partial charge in [-0.2, -0.15) is 0 Å². The Morgan fingerprint density at radius 3 is 1.96 bits per heavy atom. The van der Waals surface area contributed by atoms with Crippen LogP contribution in [0.15, 0.2) is 91.0 Å². The first-order valence-corrected chi connectivity index (χ1v) is 8.76. The number of nitrogens with two attached hydrogens (primary N) is 1. The largest absolute Gasteiger partial charge is 0.398 e. The molecule has 0 saturated heterocycles. The highest BCUT2D eigenvalue weighted by Crippen LogP contribution is 2.56. The normalized spacial score (nSPS) is 13.5. The fourth-order valence-electron chi connectivity index (χ4n) is 4.37. The Hall–Kier alpha value is -3.50. The number of nitrogen functional groups attached to an aromatic ring is 1. The van der Waals surface area contributed by atoms with Crippen LogP contribution in [-0.2, 0) is 5.41 Å². The molecule has 1 aliphatic carbocycles. The molecule has 4 aromatic carbocycles. The summed E-state index contributed by atoms with van der Waals surface area (Å²) in [6, 6.07) is 38.0. The van der Waals surface area contributed by atoms with Crippen molar-refractivity contribution in [2.75, 3.05) is 5.73 Å². The Bertz CT molecular complexity index is 1040. The molecular weight excluding hydrogens is 314 g/mol. The van der Waals surface area contributed by atoms with Crippen LogP contribution < -0.4 is 5.73 Å². The van der Waals surface area contributed by atoms with Crippen molar-refractivity contribution in [3.05, 3.63) is 125 Å². The molecule has 0 amide bonds. The van der Waals surface area contributed by atoms with Crippen molar-refractivity contribution in [1.29, 1.82) is 0 Å². The molecule has 1 nitrogen and oxygen atoms in total. The molecule has 0 unspecified atom stereocenters. The predicted octanol–water partition coefficient (Wildman–Crippen LogP) is 5.23. The van der Waals surface area contributed by atoms with Crippen LogP contribution in [0.2, 0.25) is 0 Å². The van der Waals surface area contributed by atoms with Crippen LogP contribution in [0.5, 0.6) is 0 Å². The van der Waals surface area contributed by atoms with Gasteiger partial charge in [-0.25, -0.2) is 0 Å². The number of rotatable bonds is 2. The highest BCUT2D eigenvalue weighted by molar-refractivity contribution is 5.89. The lowest BCUT2D eigenvalue weighted by atomic mass is 9.67. The van der Waals surface area contributed by atoms with E-state index in [1.54, 1.807) is 0 Å². The van der Waals surface area contributed by atoms with Crippen LogP contribution in [0.25, 0.3) is 11.1 Å². The molecule has 26 heavy (non-hydrogen) atoms. The quantitative estimate of drug-likeness (QED) is 0.440. The molecule has 1 heteroatoms. The predicted molar refractivity (Wildman–Crippen MR) is 106 cm³/mol. The minimum atomic E-state index is -0.476. The Kier molecular flexibility index (Phi) is 3.14. The van der Waals surface area contributed by atoms with Crippen LogP contribution in [0, 0.1) is 12.1 Å². The fraction of sp³-hybridized carbons (Fsp3) is 0.0400. The lowest BCUT2D eigenvalue weighted by Crippen LogP contribution is -2.29. The van der Waals surface area contributed by atoms with Crippen molar-refractivity contribution in [3.63, 3.8) is 0 Å². The molecule has 0 atom stereocenters. The maximum Gasteiger partial charge on any atom is 0.0812 e. The zero-order chi connectivity index (χ0) is 17.6. The molecule has 5 rings (SSSR count). The summed E-state index contributed by atoms with van der Waals surface area (Å²) < 4.78 is 0. The monoisotopic (exact) mass is 331 g/mol. The van der Waals surface area contributed by atoms with Gasteiger partial charge < -0.3 is 5.73 Å². The van der Waals surface area contributed by atoms with E-state index in [9.17, 15) is 0 Å². The standard InChI is InChI=1S/C25H17N/c26-23-17-9-15-21-20-14-7-8-16-22(20)25(24(21)23,18-10-3-1-4-11-18)19-12-5-2-6-13-19/h1-7,9-15,17H,26H2. The minimum absolute atomic E-state index is 0.476. The van der Waals surface area contributed by atoms with Crippen LogP contribution in [0.3, 0.4) is 0 Å². The SMILES string of the molecule is Nc1cccc2c1C(c1ccccc1)(c1ccccc1)c1c#cccc1-2. The van der Waals surface area contributed by atoms with E-state index >= 15 is 0 Å². The molecule has 0 saturated carbocycles. The van der Waals surface area contributed by atoms with Crippen LogP contribution >= 0.6 is 0 Å². The van der Waals surface area contributed by atoms with Crippen molar-refractivity contribution in [1.82, 2.24) is 0 Å². The molecule has 1 aliphatic rings. The summed E-state index contributed by atoms with van der Waals surface area (Å²) in [5.74, 6) is 0. The zero-order valence-electron chi connectivity index (χ0n) is 14.2. The Labute approximate surface area is 153 Å². The maximum atomic E-state index is 6.58. The molecule has 0 bridgehead atoms. The molecule has 4 aromatic rings. The topological polar surface area (TPSA) is 26.0 Å². The van der Waals surface area contributed by atoms with Crippen molar-refractivity contribution < 1.29 is 0 Å². The van der Waals surface area contributed by atoms with Gasteiger partial charge in [-0.15, -0.1) is 0 Å². The van der Waals surface area contributed by atoms with Gasteiger partial charge in [-0.3, -0.25) is 0 Å². The third kappa shape index (κ3) is 1.82. The van der Waals surface area contributed by atoms with E-state index in [1.807, 2.05) is 30.3 Å². The summed E-state index contributed by atoms with van der Waals surface area (Å²) in [4.78, 5) is 0. The van der Waals surface area contributed by atoms with E-state index in [0.29, 0.717) is 0 Å². The first-order valence-electron chi connectivity index (χ1n) is 8.76. The molecule has 0 aliphatic heterocycles. The van der Waals surface area contributed by atoms with Crippen molar-refractivity contribution in [3.8, 4) is 11.1 Å². The van der Waals surface area contributed by atoms with Gasteiger partial charge in [0.2, 0.25) is 0 Å². The van der Waals surface area contributed by atoms with Gasteiger partial charge in [0.15, 0.2) is 0 Å².